The molecule has 0 N–H and O–H groups in total. The molecule has 0 fully saturated rings. The van der Waals surface area contributed by atoms with Crippen LogP contribution in [0.15, 0.2) is 9.98 Å². The van der Waals surface area contributed by atoms with Gasteiger partial charge in [0.05, 0.1) is 12.6 Å². The molecule has 0 bridgehead atoms. The van der Waals surface area contributed by atoms with E-state index in [0.29, 0.717) is 0 Å². The van der Waals surface area contributed by atoms with Gasteiger partial charge in [-0.1, -0.05) is 6.92 Å². The normalized spacial score (nSPS) is 8.67. The van der Waals surface area contributed by atoms with E-state index in [1.54, 1.807) is 0 Å². The van der Waals surface area contributed by atoms with Crippen LogP contribution in [0.2, 0.25) is 0 Å². The molecule has 0 atom stereocenters. The van der Waals surface area contributed by atoms with Crippen LogP contribution >= 0.6 is 12.4 Å². The molecule has 0 saturated carbocycles. The molecular weight excluding hydrogens is 174 g/mol. The van der Waals surface area contributed by atoms with Crippen molar-refractivity contribution in [2.45, 2.75) is 13.3 Å². The number of likely N-dealkylation sites (N-methyl/N-ethyl adjacent to an activating group) is 1. The van der Waals surface area contributed by atoms with E-state index in [1.807, 2.05) is 14.1 Å². The van der Waals surface area contributed by atoms with Gasteiger partial charge in [0.1, 0.15) is 0 Å². The third-order valence-corrected chi connectivity index (χ3v) is 1.14. The summed E-state index contributed by atoms with van der Waals surface area (Å²) in [5.41, 5.74) is 0. The van der Waals surface area contributed by atoms with Gasteiger partial charge in [-0.25, -0.2) is 9.98 Å². The smallest absolute Gasteiger partial charge is 0.0893 e. The minimum Gasteiger partial charge on any atom is -0.308 e. The molecule has 12 heavy (non-hydrogen) atoms. The molecule has 0 aromatic rings. The van der Waals surface area contributed by atoms with Crippen LogP contribution in [0.4, 0.5) is 0 Å². The van der Waals surface area contributed by atoms with Gasteiger partial charge in [0.15, 0.2) is 0 Å². The third-order valence-electron chi connectivity index (χ3n) is 1.14. The van der Waals surface area contributed by atoms with Crippen LogP contribution < -0.4 is 0 Å². The maximum absolute atomic E-state index is 3.99. The van der Waals surface area contributed by atoms with Gasteiger partial charge in [0.25, 0.3) is 0 Å². The van der Waals surface area contributed by atoms with Crippen molar-refractivity contribution in [2.75, 3.05) is 33.7 Å². The Morgan fingerprint density at radius 1 is 1.17 bits per heavy atom. The Morgan fingerprint density at radius 3 is 2.25 bits per heavy atom. The van der Waals surface area contributed by atoms with Crippen LogP contribution in [-0.4, -0.2) is 44.6 Å². The predicted molar refractivity (Wildman–Crippen MR) is 55.7 cm³/mol. The average molecular weight is 192 g/mol. The Kier molecular flexibility index (Phi) is 12.6. The molecule has 0 aliphatic carbocycles. The van der Waals surface area contributed by atoms with Gasteiger partial charge in [-0.2, -0.15) is 0 Å². The van der Waals surface area contributed by atoms with E-state index in [0.717, 1.165) is 26.1 Å². The minimum absolute atomic E-state index is 0. The van der Waals surface area contributed by atoms with Gasteiger partial charge in [0, 0.05) is 13.1 Å². The van der Waals surface area contributed by atoms with Crippen molar-refractivity contribution < 1.29 is 0 Å². The number of hydrogen-bond acceptors (Lipinski definition) is 3. The summed E-state index contributed by atoms with van der Waals surface area (Å²) < 4.78 is 0. The maximum Gasteiger partial charge on any atom is 0.0893 e. The van der Waals surface area contributed by atoms with Crippen molar-refractivity contribution in [3.63, 3.8) is 0 Å². The first-order chi connectivity index (χ1) is 5.27. The van der Waals surface area contributed by atoms with E-state index >= 15 is 0 Å². The largest absolute Gasteiger partial charge is 0.308 e. The van der Waals surface area contributed by atoms with Gasteiger partial charge < -0.3 is 4.90 Å². The molecule has 4 heteroatoms. The SMILES string of the molecule is CCCN=C=NCCN(C)C.Cl. The fraction of sp³-hybridized carbons (Fsp3) is 0.875. The van der Waals surface area contributed by atoms with Crippen molar-refractivity contribution in [1.29, 1.82) is 0 Å². The van der Waals surface area contributed by atoms with Crippen molar-refractivity contribution in [3.8, 4) is 0 Å². The summed E-state index contributed by atoms with van der Waals surface area (Å²) in [5.74, 6) is 0. The minimum atomic E-state index is 0. The van der Waals surface area contributed by atoms with Gasteiger partial charge >= 0.3 is 0 Å². The number of hydrogen-bond donors (Lipinski definition) is 0. The summed E-state index contributed by atoms with van der Waals surface area (Å²) in [6.45, 7) is 4.69. The Labute approximate surface area is 81.0 Å². The Bertz CT molecular complexity index is 139. The molecular formula is C8H18ClN3. The van der Waals surface area contributed by atoms with Crippen LogP contribution in [0.3, 0.4) is 0 Å². The third kappa shape index (κ3) is 12.3. The first kappa shape index (κ1) is 14.2. The maximum atomic E-state index is 3.99. The van der Waals surface area contributed by atoms with Gasteiger partial charge in [-0.15, -0.1) is 12.4 Å². The second kappa shape index (κ2) is 10.6. The van der Waals surface area contributed by atoms with Crippen LogP contribution in [-0.2, 0) is 0 Å². The molecule has 0 radical (unpaired) electrons. The molecule has 72 valence electrons. The molecule has 0 spiro atoms. The van der Waals surface area contributed by atoms with E-state index in [9.17, 15) is 0 Å². The van der Waals surface area contributed by atoms with Gasteiger partial charge in [-0.05, 0) is 20.5 Å². The number of halogens is 1. The molecule has 0 aliphatic rings. The average Bonchev–Trinajstić information content (AvgIpc) is 1.96. The van der Waals surface area contributed by atoms with Crippen molar-refractivity contribution in [2.24, 2.45) is 9.98 Å². The summed E-state index contributed by atoms with van der Waals surface area (Å²) in [7, 11) is 4.05. The lowest BCUT2D eigenvalue weighted by Crippen LogP contribution is -2.15. The van der Waals surface area contributed by atoms with Gasteiger partial charge in [-0.3, -0.25) is 0 Å². The predicted octanol–water partition coefficient (Wildman–Crippen LogP) is 1.55. The van der Waals surface area contributed by atoms with Crippen LogP contribution in [0.25, 0.3) is 0 Å². The highest BCUT2D eigenvalue weighted by molar-refractivity contribution is 5.85. The van der Waals surface area contributed by atoms with E-state index in [2.05, 4.69) is 27.8 Å². The zero-order chi connectivity index (χ0) is 8.53. The van der Waals surface area contributed by atoms with Crippen molar-refractivity contribution in [1.82, 2.24) is 4.90 Å². The molecule has 0 saturated heterocycles. The lowest BCUT2D eigenvalue weighted by atomic mass is 10.5. The molecule has 0 unspecified atom stereocenters. The highest BCUT2D eigenvalue weighted by Crippen LogP contribution is 1.75. The standard InChI is InChI=1S/C8H17N3.ClH/c1-4-5-9-8-10-6-7-11(2)3;/h4-7H2,1-3H3;1H. The Hall–Kier alpha value is -0.370. The molecule has 0 aromatic heterocycles. The number of aliphatic imine (C=N–C) groups is 2. The zero-order valence-corrected chi connectivity index (χ0v) is 8.89. The second-order valence-corrected chi connectivity index (χ2v) is 2.67. The highest BCUT2D eigenvalue weighted by Gasteiger charge is 1.83. The quantitative estimate of drug-likeness (QED) is 0.607. The van der Waals surface area contributed by atoms with Crippen LogP contribution in [0.1, 0.15) is 13.3 Å². The van der Waals surface area contributed by atoms with Gasteiger partial charge in [0.2, 0.25) is 0 Å². The topological polar surface area (TPSA) is 28.0 Å². The second-order valence-electron chi connectivity index (χ2n) is 2.67. The van der Waals surface area contributed by atoms with Crippen LogP contribution in [0.5, 0.6) is 0 Å². The molecule has 0 aromatic carbocycles. The van der Waals surface area contributed by atoms with E-state index in [1.165, 1.54) is 0 Å². The molecule has 0 heterocycles. The lowest BCUT2D eigenvalue weighted by Gasteiger charge is -2.03. The van der Waals surface area contributed by atoms with E-state index in [-0.39, 0.29) is 12.4 Å². The molecule has 0 rings (SSSR count). The lowest BCUT2D eigenvalue weighted by molar-refractivity contribution is 0.421. The highest BCUT2D eigenvalue weighted by atomic mass is 35.5. The zero-order valence-electron chi connectivity index (χ0n) is 8.08. The summed E-state index contributed by atoms with van der Waals surface area (Å²) in [4.78, 5) is 10.0. The Morgan fingerprint density at radius 2 is 1.75 bits per heavy atom. The summed E-state index contributed by atoms with van der Waals surface area (Å²) in [6, 6.07) is 2.66. The van der Waals surface area contributed by atoms with Crippen molar-refractivity contribution in [3.05, 3.63) is 0 Å². The van der Waals surface area contributed by atoms with Crippen molar-refractivity contribution >= 4 is 18.4 Å². The van der Waals surface area contributed by atoms with E-state index < -0.39 is 0 Å². The first-order valence-corrected chi connectivity index (χ1v) is 4.00. The number of nitrogens with zero attached hydrogens (tertiary/aromatic N) is 3. The molecule has 0 amide bonds. The first-order valence-electron chi connectivity index (χ1n) is 4.00. The summed E-state index contributed by atoms with van der Waals surface area (Å²) in [6.07, 6.45) is 1.07. The summed E-state index contributed by atoms with van der Waals surface area (Å²) in [5, 5.41) is 0. The number of rotatable bonds is 5. The Balaban J connectivity index is 0. The molecule has 0 aliphatic heterocycles. The summed E-state index contributed by atoms with van der Waals surface area (Å²) >= 11 is 0. The monoisotopic (exact) mass is 191 g/mol. The van der Waals surface area contributed by atoms with Crippen LogP contribution in [0, 0.1) is 0 Å². The molecule has 3 nitrogen and oxygen atoms in total. The fourth-order valence-corrected chi connectivity index (χ4v) is 0.512. The fourth-order valence-electron chi connectivity index (χ4n) is 0.512. The van der Waals surface area contributed by atoms with E-state index in [4.69, 9.17) is 0 Å².